The molecule has 0 aromatic heterocycles. The number of carbonyl (C=O) groups excluding carboxylic acids is 1. The number of amides is 1. The summed E-state index contributed by atoms with van der Waals surface area (Å²) >= 11 is 3.08. The summed E-state index contributed by atoms with van der Waals surface area (Å²) in [4.78, 5) is 10.8. The number of rotatable bonds is 1. The predicted octanol–water partition coefficient (Wildman–Crippen LogP) is 2.37. The summed E-state index contributed by atoms with van der Waals surface area (Å²) < 4.78 is 18.0. The van der Waals surface area contributed by atoms with Crippen LogP contribution in [0.25, 0.3) is 0 Å². The Bertz CT molecular complexity index is 383. The maximum absolute atomic E-state index is 12.9. The van der Waals surface area contributed by atoms with Crippen molar-refractivity contribution in [2.24, 2.45) is 0 Å². The van der Waals surface area contributed by atoms with E-state index in [2.05, 4.69) is 21.2 Å². The van der Waals surface area contributed by atoms with Crippen molar-refractivity contribution in [1.29, 1.82) is 0 Å². The number of cyclic esters (lactones) is 1. The molecule has 1 amide bonds. The molecule has 3 nitrogen and oxygen atoms in total. The number of hydrogen-bond acceptors (Lipinski definition) is 2. The maximum Gasteiger partial charge on any atom is 0.407 e. The molecule has 1 aliphatic rings. The summed E-state index contributed by atoms with van der Waals surface area (Å²) in [6.45, 7) is 0.289. The van der Waals surface area contributed by atoms with Gasteiger partial charge in [-0.1, -0.05) is 6.07 Å². The average Bonchev–Trinajstić information content (AvgIpc) is 2.57. The first kappa shape index (κ1) is 9.45. The number of hydrogen-bond donors (Lipinski definition) is 1. The topological polar surface area (TPSA) is 38.3 Å². The molecular weight excluding hydrogens is 253 g/mol. The zero-order valence-corrected chi connectivity index (χ0v) is 8.67. The minimum absolute atomic E-state index is 0.181. The van der Waals surface area contributed by atoms with Gasteiger partial charge in [-0.3, -0.25) is 0 Å². The molecule has 2 rings (SSSR count). The Labute approximate surface area is 88.4 Å². The van der Waals surface area contributed by atoms with Crippen molar-refractivity contribution >= 4 is 22.0 Å². The van der Waals surface area contributed by atoms with Gasteiger partial charge < -0.3 is 10.1 Å². The van der Waals surface area contributed by atoms with E-state index in [0.29, 0.717) is 4.47 Å². The van der Waals surface area contributed by atoms with Gasteiger partial charge in [-0.05, 0) is 33.6 Å². The monoisotopic (exact) mass is 259 g/mol. The van der Waals surface area contributed by atoms with Crippen LogP contribution < -0.4 is 5.32 Å². The number of nitrogens with one attached hydrogen (secondary N) is 1. The van der Waals surface area contributed by atoms with Crippen molar-refractivity contribution in [2.45, 2.75) is 6.04 Å². The Morgan fingerprint density at radius 2 is 2.36 bits per heavy atom. The minimum Gasteiger partial charge on any atom is -0.447 e. The van der Waals surface area contributed by atoms with Gasteiger partial charge in [0.25, 0.3) is 0 Å². The molecule has 1 aromatic carbocycles. The van der Waals surface area contributed by atoms with E-state index in [1.807, 2.05) is 0 Å². The van der Waals surface area contributed by atoms with E-state index in [1.165, 1.54) is 6.07 Å². The zero-order valence-electron chi connectivity index (χ0n) is 7.09. The normalized spacial score (nSPS) is 20.4. The van der Waals surface area contributed by atoms with Crippen molar-refractivity contribution in [3.05, 3.63) is 34.1 Å². The third-order valence-electron chi connectivity index (χ3n) is 2.02. The molecule has 0 bridgehead atoms. The van der Waals surface area contributed by atoms with Gasteiger partial charge in [-0.2, -0.15) is 0 Å². The third kappa shape index (κ3) is 1.72. The Kier molecular flexibility index (Phi) is 2.41. The highest BCUT2D eigenvalue weighted by Gasteiger charge is 2.23. The number of halogens is 2. The molecule has 0 radical (unpaired) electrons. The van der Waals surface area contributed by atoms with Gasteiger partial charge >= 0.3 is 6.09 Å². The van der Waals surface area contributed by atoms with Gasteiger partial charge in [0.05, 0.1) is 10.5 Å². The Hall–Kier alpha value is -1.10. The molecule has 0 saturated carbocycles. The van der Waals surface area contributed by atoms with Gasteiger partial charge in [0.2, 0.25) is 0 Å². The van der Waals surface area contributed by atoms with E-state index < -0.39 is 6.09 Å². The van der Waals surface area contributed by atoms with Gasteiger partial charge in [0.1, 0.15) is 12.4 Å². The van der Waals surface area contributed by atoms with Crippen LogP contribution in [0.5, 0.6) is 0 Å². The quantitative estimate of drug-likeness (QED) is 0.841. The summed E-state index contributed by atoms with van der Waals surface area (Å²) in [6, 6.07) is 4.43. The first-order chi connectivity index (χ1) is 6.66. The SMILES string of the molecule is O=C1N[C@@H](c2ccc(F)c(Br)c2)CO1. The lowest BCUT2D eigenvalue weighted by Crippen LogP contribution is -2.18. The highest BCUT2D eigenvalue weighted by Crippen LogP contribution is 2.23. The molecule has 1 aliphatic heterocycles. The number of ether oxygens (including phenoxy) is 1. The van der Waals surface area contributed by atoms with E-state index in [-0.39, 0.29) is 18.5 Å². The second kappa shape index (κ2) is 3.57. The van der Waals surface area contributed by atoms with Gasteiger partial charge in [-0.25, -0.2) is 9.18 Å². The second-order valence-electron chi connectivity index (χ2n) is 2.97. The van der Waals surface area contributed by atoms with E-state index in [4.69, 9.17) is 4.74 Å². The summed E-state index contributed by atoms with van der Waals surface area (Å²) in [5.41, 5.74) is 0.823. The molecule has 74 valence electrons. The second-order valence-corrected chi connectivity index (χ2v) is 3.82. The van der Waals surface area contributed by atoms with Crippen molar-refractivity contribution in [3.8, 4) is 0 Å². The first-order valence-corrected chi connectivity index (χ1v) is 4.84. The van der Waals surface area contributed by atoms with Crippen LogP contribution in [0.2, 0.25) is 0 Å². The molecular formula is C9H7BrFNO2. The molecule has 5 heteroatoms. The lowest BCUT2D eigenvalue weighted by molar-refractivity contribution is 0.177. The van der Waals surface area contributed by atoms with Gasteiger partial charge in [-0.15, -0.1) is 0 Å². The Balaban J connectivity index is 2.24. The van der Waals surface area contributed by atoms with Crippen LogP contribution in [0, 0.1) is 5.82 Å². The zero-order chi connectivity index (χ0) is 10.1. The molecule has 1 atom stereocenters. The lowest BCUT2D eigenvalue weighted by Gasteiger charge is -2.07. The highest BCUT2D eigenvalue weighted by atomic mass is 79.9. The number of carbonyl (C=O) groups is 1. The van der Waals surface area contributed by atoms with E-state index in [9.17, 15) is 9.18 Å². The first-order valence-electron chi connectivity index (χ1n) is 4.05. The van der Waals surface area contributed by atoms with Crippen LogP contribution in [-0.4, -0.2) is 12.7 Å². The Morgan fingerprint density at radius 3 is 2.93 bits per heavy atom. The summed E-state index contributed by atoms with van der Waals surface area (Å²) in [5.74, 6) is -0.320. The van der Waals surface area contributed by atoms with Crippen LogP contribution in [0.15, 0.2) is 22.7 Å². The fourth-order valence-electron chi connectivity index (χ4n) is 1.29. The molecule has 1 fully saturated rings. The number of alkyl carbamates (subject to hydrolysis) is 1. The molecule has 0 spiro atoms. The van der Waals surface area contributed by atoms with Gasteiger partial charge in [0, 0.05) is 0 Å². The van der Waals surface area contributed by atoms with Crippen LogP contribution >= 0.6 is 15.9 Å². The standard InChI is InChI=1S/C9H7BrFNO2/c10-6-3-5(1-2-7(6)11)8-4-14-9(13)12-8/h1-3,8H,4H2,(H,12,13)/t8-/m1/s1. The lowest BCUT2D eigenvalue weighted by atomic mass is 10.1. The molecule has 1 N–H and O–H groups in total. The molecule has 0 unspecified atom stereocenters. The Morgan fingerprint density at radius 1 is 1.57 bits per heavy atom. The largest absolute Gasteiger partial charge is 0.447 e. The van der Waals surface area contributed by atoms with Crippen LogP contribution in [0.4, 0.5) is 9.18 Å². The molecule has 1 saturated heterocycles. The fourth-order valence-corrected chi connectivity index (χ4v) is 1.69. The predicted molar refractivity (Wildman–Crippen MR) is 51.3 cm³/mol. The summed E-state index contributed by atoms with van der Waals surface area (Å²) in [6.07, 6.45) is -0.435. The number of benzene rings is 1. The molecule has 14 heavy (non-hydrogen) atoms. The van der Waals surface area contributed by atoms with E-state index >= 15 is 0 Å². The van der Waals surface area contributed by atoms with E-state index in [0.717, 1.165) is 5.56 Å². The van der Waals surface area contributed by atoms with Crippen molar-refractivity contribution in [2.75, 3.05) is 6.61 Å². The van der Waals surface area contributed by atoms with Crippen LogP contribution in [0.3, 0.4) is 0 Å². The molecule has 0 aliphatic carbocycles. The highest BCUT2D eigenvalue weighted by molar-refractivity contribution is 9.10. The average molecular weight is 260 g/mol. The maximum atomic E-state index is 12.9. The smallest absolute Gasteiger partial charge is 0.407 e. The van der Waals surface area contributed by atoms with Crippen molar-refractivity contribution in [1.82, 2.24) is 5.32 Å². The third-order valence-corrected chi connectivity index (χ3v) is 2.63. The van der Waals surface area contributed by atoms with Crippen molar-refractivity contribution < 1.29 is 13.9 Å². The fraction of sp³-hybridized carbons (Fsp3) is 0.222. The van der Waals surface area contributed by atoms with Crippen molar-refractivity contribution in [3.63, 3.8) is 0 Å². The molecule has 1 aromatic rings. The van der Waals surface area contributed by atoms with Crippen LogP contribution in [0.1, 0.15) is 11.6 Å². The van der Waals surface area contributed by atoms with Gasteiger partial charge in [0.15, 0.2) is 0 Å². The van der Waals surface area contributed by atoms with Crippen LogP contribution in [-0.2, 0) is 4.74 Å². The summed E-state index contributed by atoms with van der Waals surface area (Å²) in [7, 11) is 0. The van der Waals surface area contributed by atoms with E-state index in [1.54, 1.807) is 12.1 Å². The minimum atomic E-state index is -0.435. The molecule has 1 heterocycles. The summed E-state index contributed by atoms with van der Waals surface area (Å²) in [5, 5.41) is 2.61.